The predicted octanol–water partition coefficient (Wildman–Crippen LogP) is 2.31. The first-order valence-corrected chi connectivity index (χ1v) is 7.12. The maximum Gasteiger partial charge on any atom is 0.418 e. The van der Waals surface area contributed by atoms with Gasteiger partial charge in [-0.3, -0.25) is 9.69 Å². The molecular formula is C15H20F3N3O. The lowest BCUT2D eigenvalue weighted by Gasteiger charge is -2.22. The monoisotopic (exact) mass is 315 g/mol. The molecule has 122 valence electrons. The van der Waals surface area contributed by atoms with E-state index in [-0.39, 0.29) is 17.6 Å². The zero-order chi connectivity index (χ0) is 16.4. The standard InChI is InChI=1S/C15H20F3N3O/c1-14(9-19)6-7-21(10-14)8-13(22)20-12-5-3-2-4-11(12)15(16,17)18/h2-5H,6-10,19H2,1H3,(H,20,22). The maximum atomic E-state index is 12.9. The summed E-state index contributed by atoms with van der Waals surface area (Å²) < 4.78 is 38.6. The lowest BCUT2D eigenvalue weighted by molar-refractivity contribution is -0.137. The van der Waals surface area contributed by atoms with Crippen molar-refractivity contribution < 1.29 is 18.0 Å². The number of carbonyl (C=O) groups is 1. The van der Waals surface area contributed by atoms with E-state index < -0.39 is 17.6 Å². The van der Waals surface area contributed by atoms with Crippen molar-refractivity contribution in [1.82, 2.24) is 4.90 Å². The molecule has 1 heterocycles. The fourth-order valence-corrected chi connectivity index (χ4v) is 2.66. The van der Waals surface area contributed by atoms with Crippen molar-refractivity contribution in [2.45, 2.75) is 19.5 Å². The van der Waals surface area contributed by atoms with Crippen molar-refractivity contribution in [1.29, 1.82) is 0 Å². The molecule has 0 saturated carbocycles. The van der Waals surface area contributed by atoms with E-state index in [1.807, 2.05) is 11.8 Å². The Balaban J connectivity index is 1.99. The molecule has 1 aliphatic heterocycles. The number of halogens is 3. The molecule has 1 aromatic carbocycles. The first-order valence-electron chi connectivity index (χ1n) is 7.12. The van der Waals surface area contributed by atoms with Gasteiger partial charge < -0.3 is 11.1 Å². The van der Waals surface area contributed by atoms with Crippen molar-refractivity contribution in [3.63, 3.8) is 0 Å². The third-order valence-corrected chi connectivity index (χ3v) is 4.00. The van der Waals surface area contributed by atoms with Crippen LogP contribution in [0.2, 0.25) is 0 Å². The van der Waals surface area contributed by atoms with E-state index in [9.17, 15) is 18.0 Å². The number of carbonyl (C=O) groups excluding carboxylic acids is 1. The van der Waals surface area contributed by atoms with E-state index in [1.54, 1.807) is 0 Å². The molecule has 0 radical (unpaired) electrons. The molecule has 3 N–H and O–H groups in total. The average Bonchev–Trinajstić information content (AvgIpc) is 2.80. The fraction of sp³-hybridized carbons (Fsp3) is 0.533. The summed E-state index contributed by atoms with van der Waals surface area (Å²) in [4.78, 5) is 13.9. The molecule has 0 bridgehead atoms. The first kappa shape index (κ1) is 16.8. The number of alkyl halides is 3. The molecule has 2 rings (SSSR count). The Morgan fingerprint density at radius 1 is 1.41 bits per heavy atom. The van der Waals surface area contributed by atoms with Gasteiger partial charge in [-0.15, -0.1) is 0 Å². The van der Waals surface area contributed by atoms with Crippen LogP contribution in [0, 0.1) is 5.41 Å². The summed E-state index contributed by atoms with van der Waals surface area (Å²) >= 11 is 0. The minimum Gasteiger partial charge on any atom is -0.330 e. The zero-order valence-corrected chi connectivity index (χ0v) is 12.4. The first-order chi connectivity index (χ1) is 10.2. The number of hydrogen-bond donors (Lipinski definition) is 2. The van der Waals surface area contributed by atoms with Gasteiger partial charge in [-0.2, -0.15) is 13.2 Å². The van der Waals surface area contributed by atoms with Gasteiger partial charge in [0.05, 0.1) is 17.8 Å². The van der Waals surface area contributed by atoms with E-state index in [0.717, 1.165) is 19.0 Å². The van der Waals surface area contributed by atoms with Crippen LogP contribution in [0.1, 0.15) is 18.9 Å². The zero-order valence-electron chi connectivity index (χ0n) is 12.4. The van der Waals surface area contributed by atoms with Gasteiger partial charge in [-0.25, -0.2) is 0 Å². The van der Waals surface area contributed by atoms with Gasteiger partial charge in [-0.05, 0) is 37.1 Å². The van der Waals surface area contributed by atoms with Crippen LogP contribution in [0.5, 0.6) is 0 Å². The molecule has 7 heteroatoms. The fourth-order valence-electron chi connectivity index (χ4n) is 2.66. The number of para-hydroxylation sites is 1. The van der Waals surface area contributed by atoms with E-state index >= 15 is 0 Å². The normalized spacial score (nSPS) is 22.8. The molecule has 22 heavy (non-hydrogen) atoms. The molecule has 1 amide bonds. The summed E-state index contributed by atoms with van der Waals surface area (Å²) in [5.74, 6) is -0.446. The number of nitrogens with one attached hydrogen (secondary N) is 1. The number of rotatable bonds is 4. The number of benzene rings is 1. The number of nitrogens with two attached hydrogens (primary N) is 1. The second-order valence-corrected chi connectivity index (χ2v) is 6.07. The van der Waals surface area contributed by atoms with Crippen LogP contribution < -0.4 is 11.1 Å². The summed E-state index contributed by atoms with van der Waals surface area (Å²) in [6, 6.07) is 4.98. The summed E-state index contributed by atoms with van der Waals surface area (Å²) in [7, 11) is 0. The molecular weight excluding hydrogens is 295 g/mol. The van der Waals surface area contributed by atoms with Crippen LogP contribution in [0.15, 0.2) is 24.3 Å². The van der Waals surface area contributed by atoms with Gasteiger partial charge in [-0.1, -0.05) is 19.1 Å². The van der Waals surface area contributed by atoms with Crippen LogP contribution in [-0.2, 0) is 11.0 Å². The van der Waals surface area contributed by atoms with Crippen LogP contribution in [0.25, 0.3) is 0 Å². The second kappa shape index (κ2) is 6.26. The highest BCUT2D eigenvalue weighted by Gasteiger charge is 2.35. The molecule has 1 unspecified atom stereocenters. The Morgan fingerprint density at radius 3 is 2.68 bits per heavy atom. The van der Waals surface area contributed by atoms with E-state index in [0.29, 0.717) is 13.1 Å². The minimum atomic E-state index is -4.49. The van der Waals surface area contributed by atoms with Gasteiger partial charge in [0.25, 0.3) is 0 Å². The van der Waals surface area contributed by atoms with Crippen molar-refractivity contribution in [3.8, 4) is 0 Å². The van der Waals surface area contributed by atoms with Gasteiger partial charge in [0.1, 0.15) is 0 Å². The molecule has 1 atom stereocenters. The van der Waals surface area contributed by atoms with Crippen molar-refractivity contribution >= 4 is 11.6 Å². The quantitative estimate of drug-likeness (QED) is 0.896. The Bertz CT molecular complexity index is 547. The van der Waals surface area contributed by atoms with Crippen molar-refractivity contribution in [2.24, 2.45) is 11.1 Å². The Labute approximate surface area is 127 Å². The highest BCUT2D eigenvalue weighted by atomic mass is 19.4. The molecule has 1 saturated heterocycles. The third-order valence-electron chi connectivity index (χ3n) is 4.00. The van der Waals surface area contributed by atoms with E-state index in [2.05, 4.69) is 5.32 Å². The molecule has 0 spiro atoms. The van der Waals surface area contributed by atoms with Gasteiger partial charge in [0.15, 0.2) is 0 Å². The number of anilines is 1. The highest BCUT2D eigenvalue weighted by Crippen LogP contribution is 2.34. The summed E-state index contributed by atoms with van der Waals surface area (Å²) in [6.07, 6.45) is -3.61. The summed E-state index contributed by atoms with van der Waals surface area (Å²) in [6.45, 7) is 4.05. The smallest absolute Gasteiger partial charge is 0.330 e. The van der Waals surface area contributed by atoms with Gasteiger partial charge in [0.2, 0.25) is 5.91 Å². The lowest BCUT2D eigenvalue weighted by atomic mass is 9.90. The van der Waals surface area contributed by atoms with Crippen LogP contribution >= 0.6 is 0 Å². The molecule has 4 nitrogen and oxygen atoms in total. The highest BCUT2D eigenvalue weighted by molar-refractivity contribution is 5.93. The molecule has 0 aliphatic carbocycles. The summed E-state index contributed by atoms with van der Waals surface area (Å²) in [5.41, 5.74) is 4.63. The van der Waals surface area contributed by atoms with Crippen LogP contribution in [-0.4, -0.2) is 37.0 Å². The molecule has 1 aliphatic rings. The predicted molar refractivity (Wildman–Crippen MR) is 78.3 cm³/mol. The third kappa shape index (κ3) is 3.98. The molecule has 1 aromatic rings. The number of likely N-dealkylation sites (tertiary alicyclic amines) is 1. The topological polar surface area (TPSA) is 58.4 Å². The number of hydrogen-bond acceptors (Lipinski definition) is 3. The summed E-state index contributed by atoms with van der Waals surface area (Å²) in [5, 5.41) is 2.36. The van der Waals surface area contributed by atoms with Crippen molar-refractivity contribution in [2.75, 3.05) is 31.5 Å². The Hall–Kier alpha value is -1.60. The SMILES string of the molecule is CC1(CN)CCN(CC(=O)Nc2ccccc2C(F)(F)F)C1. The van der Waals surface area contributed by atoms with Crippen LogP contribution in [0.4, 0.5) is 18.9 Å². The van der Waals surface area contributed by atoms with E-state index in [4.69, 9.17) is 5.73 Å². The van der Waals surface area contributed by atoms with Gasteiger partial charge >= 0.3 is 6.18 Å². The second-order valence-electron chi connectivity index (χ2n) is 6.07. The van der Waals surface area contributed by atoms with E-state index in [1.165, 1.54) is 18.2 Å². The van der Waals surface area contributed by atoms with Gasteiger partial charge in [0, 0.05) is 6.54 Å². The average molecular weight is 315 g/mol. The largest absolute Gasteiger partial charge is 0.418 e. The molecule has 1 fully saturated rings. The number of amides is 1. The Morgan fingerprint density at radius 2 is 2.09 bits per heavy atom. The molecule has 0 aromatic heterocycles. The maximum absolute atomic E-state index is 12.9. The van der Waals surface area contributed by atoms with Crippen molar-refractivity contribution in [3.05, 3.63) is 29.8 Å². The Kier molecular flexibility index (Phi) is 4.77. The van der Waals surface area contributed by atoms with Crippen LogP contribution in [0.3, 0.4) is 0 Å². The lowest BCUT2D eigenvalue weighted by Crippen LogP contribution is -2.35. The minimum absolute atomic E-state index is 0.0237. The number of nitrogens with zero attached hydrogens (tertiary/aromatic N) is 1.